The minimum atomic E-state index is -0.0608. The van der Waals surface area contributed by atoms with Crippen molar-refractivity contribution < 1.29 is 4.79 Å². The Balaban J connectivity index is 1.46. The molecule has 3 nitrogen and oxygen atoms in total. The van der Waals surface area contributed by atoms with Crippen LogP contribution in [0.25, 0.3) is 0 Å². The molecule has 122 valence electrons. The first-order valence-corrected chi connectivity index (χ1v) is 8.33. The minimum absolute atomic E-state index is 0.0608. The van der Waals surface area contributed by atoms with Crippen molar-refractivity contribution in [3.05, 3.63) is 70.8 Å². The molecule has 0 unspecified atom stereocenters. The second kappa shape index (κ2) is 7.81. The van der Waals surface area contributed by atoms with Crippen molar-refractivity contribution in [2.75, 3.05) is 19.6 Å². The second-order valence-electron chi connectivity index (χ2n) is 6.08. The Labute approximate surface area is 143 Å². The van der Waals surface area contributed by atoms with Gasteiger partial charge in [0.15, 0.2) is 0 Å². The maximum Gasteiger partial charge on any atom is 0.252 e. The maximum absolute atomic E-state index is 12.1. The van der Waals surface area contributed by atoms with E-state index in [4.69, 9.17) is 0 Å². The van der Waals surface area contributed by atoms with Gasteiger partial charge in [-0.3, -0.25) is 9.69 Å². The number of amides is 1. The van der Waals surface area contributed by atoms with E-state index >= 15 is 0 Å². The predicted octanol–water partition coefficient (Wildman–Crippen LogP) is 2.79. The van der Waals surface area contributed by atoms with Gasteiger partial charge in [-0.05, 0) is 36.1 Å². The predicted molar refractivity (Wildman–Crippen MR) is 96.7 cm³/mol. The number of benzene rings is 2. The van der Waals surface area contributed by atoms with Crippen molar-refractivity contribution >= 4 is 5.91 Å². The van der Waals surface area contributed by atoms with E-state index in [1.165, 1.54) is 11.1 Å². The molecule has 0 radical (unpaired) electrons. The minimum Gasteiger partial charge on any atom is -0.341 e. The average Bonchev–Trinajstić information content (AvgIpc) is 2.61. The first-order chi connectivity index (χ1) is 11.7. The summed E-state index contributed by atoms with van der Waals surface area (Å²) < 4.78 is 0. The summed E-state index contributed by atoms with van der Waals surface area (Å²) in [5.41, 5.74) is 4.55. The van der Waals surface area contributed by atoms with Crippen molar-refractivity contribution in [3.63, 3.8) is 0 Å². The number of nitrogens with zero attached hydrogens (tertiary/aromatic N) is 1. The standard InChI is InChI=1S/C21H22N2O/c1-17-8-2-5-11-20(17)21(24)22-13-6-7-14-23-15-12-18-9-3-4-10-19(18)16-23/h2-5,8-11H,12-16H2,1H3,(H,22,24). The Morgan fingerprint density at radius 1 is 1.08 bits per heavy atom. The molecule has 0 spiro atoms. The molecule has 1 amide bonds. The van der Waals surface area contributed by atoms with Gasteiger partial charge in [-0.25, -0.2) is 0 Å². The van der Waals surface area contributed by atoms with Crippen LogP contribution in [-0.2, 0) is 13.0 Å². The van der Waals surface area contributed by atoms with Crippen LogP contribution >= 0.6 is 0 Å². The third kappa shape index (κ3) is 4.04. The van der Waals surface area contributed by atoms with E-state index in [1.54, 1.807) is 0 Å². The zero-order chi connectivity index (χ0) is 16.8. The number of aryl methyl sites for hydroxylation is 1. The van der Waals surface area contributed by atoms with E-state index in [2.05, 4.69) is 46.3 Å². The number of carbonyl (C=O) groups excluding carboxylic acids is 1. The molecule has 1 aliphatic rings. The van der Waals surface area contributed by atoms with E-state index in [0.29, 0.717) is 12.1 Å². The number of fused-ring (bicyclic) bond motifs is 1. The topological polar surface area (TPSA) is 32.3 Å². The highest BCUT2D eigenvalue weighted by Crippen LogP contribution is 2.17. The van der Waals surface area contributed by atoms with Crippen LogP contribution in [0.4, 0.5) is 0 Å². The van der Waals surface area contributed by atoms with Crippen molar-refractivity contribution in [2.45, 2.75) is 19.9 Å². The first-order valence-electron chi connectivity index (χ1n) is 8.33. The van der Waals surface area contributed by atoms with E-state index in [0.717, 1.165) is 31.6 Å². The summed E-state index contributed by atoms with van der Waals surface area (Å²) in [6.45, 7) is 5.07. The lowest BCUT2D eigenvalue weighted by Crippen LogP contribution is -2.31. The number of hydrogen-bond acceptors (Lipinski definition) is 2. The van der Waals surface area contributed by atoms with Gasteiger partial charge in [0.25, 0.3) is 5.91 Å². The number of hydrogen-bond donors (Lipinski definition) is 1. The first kappa shape index (κ1) is 16.3. The summed E-state index contributed by atoms with van der Waals surface area (Å²) in [6, 6.07) is 16.2. The van der Waals surface area contributed by atoms with E-state index < -0.39 is 0 Å². The fraction of sp³-hybridized carbons (Fsp3) is 0.286. The molecule has 2 aromatic rings. The fourth-order valence-corrected chi connectivity index (χ4v) is 2.97. The third-order valence-electron chi connectivity index (χ3n) is 4.36. The lowest BCUT2D eigenvalue weighted by molar-refractivity contribution is 0.0958. The summed E-state index contributed by atoms with van der Waals surface area (Å²) in [7, 11) is 0. The highest BCUT2D eigenvalue weighted by Gasteiger charge is 2.14. The molecular formula is C21H22N2O. The van der Waals surface area contributed by atoms with Crippen LogP contribution < -0.4 is 5.32 Å². The Hall–Kier alpha value is -2.57. The van der Waals surface area contributed by atoms with Crippen molar-refractivity contribution in [1.29, 1.82) is 0 Å². The highest BCUT2D eigenvalue weighted by atomic mass is 16.1. The fourth-order valence-electron chi connectivity index (χ4n) is 2.97. The van der Waals surface area contributed by atoms with Gasteiger partial charge in [0.2, 0.25) is 0 Å². The van der Waals surface area contributed by atoms with Crippen LogP contribution in [-0.4, -0.2) is 30.4 Å². The maximum atomic E-state index is 12.1. The molecule has 0 saturated carbocycles. The van der Waals surface area contributed by atoms with Gasteiger partial charge in [0, 0.05) is 18.7 Å². The van der Waals surface area contributed by atoms with Gasteiger partial charge >= 0.3 is 0 Å². The summed E-state index contributed by atoms with van der Waals surface area (Å²) in [6.07, 6.45) is 1.09. The van der Waals surface area contributed by atoms with Gasteiger partial charge in [-0.2, -0.15) is 0 Å². The highest BCUT2D eigenvalue weighted by molar-refractivity contribution is 5.95. The molecule has 1 heterocycles. The Morgan fingerprint density at radius 3 is 2.67 bits per heavy atom. The summed E-state index contributed by atoms with van der Waals surface area (Å²) >= 11 is 0. The Kier molecular flexibility index (Phi) is 5.30. The molecule has 0 fully saturated rings. The molecule has 0 saturated heterocycles. The zero-order valence-corrected chi connectivity index (χ0v) is 14.0. The van der Waals surface area contributed by atoms with Crippen LogP contribution in [0.3, 0.4) is 0 Å². The molecule has 0 aromatic heterocycles. The van der Waals surface area contributed by atoms with Gasteiger partial charge in [0.05, 0.1) is 13.1 Å². The normalized spacial score (nSPS) is 13.5. The van der Waals surface area contributed by atoms with Crippen LogP contribution in [0.2, 0.25) is 0 Å². The Bertz CT molecular complexity index is 786. The largest absolute Gasteiger partial charge is 0.341 e. The molecule has 24 heavy (non-hydrogen) atoms. The number of carbonyl (C=O) groups is 1. The summed E-state index contributed by atoms with van der Waals surface area (Å²) in [5.74, 6) is 6.16. The van der Waals surface area contributed by atoms with Crippen LogP contribution in [0.1, 0.15) is 27.0 Å². The van der Waals surface area contributed by atoms with Crippen LogP contribution in [0.15, 0.2) is 48.5 Å². The van der Waals surface area contributed by atoms with Gasteiger partial charge < -0.3 is 5.32 Å². The van der Waals surface area contributed by atoms with Crippen molar-refractivity contribution in [3.8, 4) is 11.8 Å². The average molecular weight is 318 g/mol. The second-order valence-corrected chi connectivity index (χ2v) is 6.08. The quantitative estimate of drug-likeness (QED) is 0.883. The molecule has 0 aliphatic carbocycles. The molecule has 3 rings (SSSR count). The third-order valence-corrected chi connectivity index (χ3v) is 4.36. The van der Waals surface area contributed by atoms with E-state index in [1.807, 2.05) is 31.2 Å². The van der Waals surface area contributed by atoms with E-state index in [9.17, 15) is 4.79 Å². The molecule has 0 atom stereocenters. The molecule has 3 heteroatoms. The lowest BCUT2D eigenvalue weighted by Gasteiger charge is -2.26. The number of nitrogens with one attached hydrogen (secondary N) is 1. The smallest absolute Gasteiger partial charge is 0.252 e. The van der Waals surface area contributed by atoms with Gasteiger partial charge in [0.1, 0.15) is 0 Å². The number of rotatable bonds is 3. The van der Waals surface area contributed by atoms with E-state index in [-0.39, 0.29) is 5.91 Å². The van der Waals surface area contributed by atoms with Gasteiger partial charge in [-0.15, -0.1) is 0 Å². The van der Waals surface area contributed by atoms with Crippen molar-refractivity contribution in [2.24, 2.45) is 0 Å². The molecule has 2 aromatic carbocycles. The zero-order valence-electron chi connectivity index (χ0n) is 14.0. The SMILES string of the molecule is Cc1ccccc1C(=O)NCC#CCN1CCc2ccccc2C1. The molecule has 0 bridgehead atoms. The molecule has 1 aliphatic heterocycles. The summed E-state index contributed by atoms with van der Waals surface area (Å²) in [5, 5.41) is 2.86. The van der Waals surface area contributed by atoms with Crippen LogP contribution in [0.5, 0.6) is 0 Å². The van der Waals surface area contributed by atoms with Crippen LogP contribution in [0, 0.1) is 18.8 Å². The lowest BCUT2D eigenvalue weighted by atomic mass is 10.0. The Morgan fingerprint density at radius 2 is 1.83 bits per heavy atom. The monoisotopic (exact) mass is 318 g/mol. The van der Waals surface area contributed by atoms with Crippen molar-refractivity contribution in [1.82, 2.24) is 10.2 Å². The molecular weight excluding hydrogens is 296 g/mol. The molecule has 1 N–H and O–H groups in total. The van der Waals surface area contributed by atoms with Gasteiger partial charge in [-0.1, -0.05) is 54.3 Å². The summed E-state index contributed by atoms with van der Waals surface area (Å²) in [4.78, 5) is 14.4.